The molecule has 2 rings (SSSR count). The minimum absolute atomic E-state index is 0.109. The number of benzene rings is 1. The molecule has 1 aromatic rings. The zero-order chi connectivity index (χ0) is 19.5. The molecule has 148 valence electrons. The van der Waals surface area contributed by atoms with Gasteiger partial charge in [0, 0.05) is 5.41 Å². The molecular weight excluding hydrogens is 343 g/mol. The molecular formula is C22H37O3P. The first-order valence-corrected chi connectivity index (χ1v) is 11.2. The van der Waals surface area contributed by atoms with Gasteiger partial charge < -0.3 is 13.6 Å². The number of hydrogen-bond acceptors (Lipinski definition) is 3. The molecule has 0 unspecified atom stereocenters. The van der Waals surface area contributed by atoms with Gasteiger partial charge >= 0.3 is 8.60 Å². The fourth-order valence-electron chi connectivity index (χ4n) is 3.39. The number of hydrogen-bond donors (Lipinski definition) is 0. The fourth-order valence-corrected chi connectivity index (χ4v) is 4.67. The molecule has 1 heterocycles. The first-order chi connectivity index (χ1) is 12.2. The van der Waals surface area contributed by atoms with Gasteiger partial charge in [0.1, 0.15) is 5.75 Å². The molecule has 0 atom stereocenters. The molecule has 0 aliphatic carbocycles. The highest BCUT2D eigenvalue weighted by Crippen LogP contribution is 2.52. The van der Waals surface area contributed by atoms with Crippen molar-refractivity contribution in [3.63, 3.8) is 0 Å². The zero-order valence-corrected chi connectivity index (χ0v) is 18.8. The van der Waals surface area contributed by atoms with E-state index in [-0.39, 0.29) is 5.41 Å². The molecule has 1 aromatic carbocycles. The number of rotatable bonds is 7. The quantitative estimate of drug-likeness (QED) is 0.468. The maximum atomic E-state index is 6.34. The van der Waals surface area contributed by atoms with Crippen LogP contribution < -0.4 is 4.52 Å². The molecule has 3 nitrogen and oxygen atoms in total. The van der Waals surface area contributed by atoms with Gasteiger partial charge in [-0.05, 0) is 47.3 Å². The van der Waals surface area contributed by atoms with Crippen molar-refractivity contribution in [2.75, 3.05) is 13.2 Å². The van der Waals surface area contributed by atoms with Gasteiger partial charge in [-0.2, -0.15) is 0 Å². The van der Waals surface area contributed by atoms with E-state index in [9.17, 15) is 0 Å². The summed E-state index contributed by atoms with van der Waals surface area (Å²) in [6.07, 6.45) is 2.01. The summed E-state index contributed by atoms with van der Waals surface area (Å²) < 4.78 is 18.5. The Morgan fingerprint density at radius 1 is 1.00 bits per heavy atom. The second kappa shape index (κ2) is 9.04. The van der Waals surface area contributed by atoms with Gasteiger partial charge in [-0.15, -0.1) is 0 Å². The van der Waals surface area contributed by atoms with Crippen LogP contribution in [0.1, 0.15) is 90.3 Å². The van der Waals surface area contributed by atoms with Gasteiger partial charge in [-0.3, -0.25) is 0 Å². The van der Waals surface area contributed by atoms with Crippen LogP contribution in [0.15, 0.2) is 12.1 Å². The van der Waals surface area contributed by atoms with Crippen molar-refractivity contribution in [1.29, 1.82) is 0 Å². The van der Waals surface area contributed by atoms with Crippen LogP contribution in [0.4, 0.5) is 0 Å². The second-order valence-corrected chi connectivity index (χ2v) is 9.64. The van der Waals surface area contributed by atoms with Gasteiger partial charge in [0.25, 0.3) is 0 Å². The molecule has 0 spiro atoms. The Hall–Kier alpha value is -0.630. The van der Waals surface area contributed by atoms with Crippen molar-refractivity contribution in [3.8, 4) is 5.75 Å². The molecule has 0 radical (unpaired) electrons. The van der Waals surface area contributed by atoms with E-state index in [0.29, 0.717) is 17.8 Å². The molecule has 1 fully saturated rings. The summed E-state index contributed by atoms with van der Waals surface area (Å²) in [7, 11) is -1.32. The Kier molecular flexibility index (Phi) is 7.53. The molecule has 0 bridgehead atoms. The predicted octanol–water partition coefficient (Wildman–Crippen LogP) is 7.20. The lowest BCUT2D eigenvalue weighted by Crippen LogP contribution is -2.39. The molecule has 0 saturated carbocycles. The largest absolute Gasteiger partial charge is 0.426 e. The second-order valence-electron chi connectivity index (χ2n) is 8.49. The van der Waals surface area contributed by atoms with Crippen molar-refractivity contribution in [1.82, 2.24) is 0 Å². The average molecular weight is 381 g/mol. The average Bonchev–Trinajstić information content (AvgIpc) is 2.61. The van der Waals surface area contributed by atoms with Crippen LogP contribution >= 0.6 is 8.60 Å². The maximum Gasteiger partial charge on any atom is 0.397 e. The third-order valence-corrected chi connectivity index (χ3v) is 6.91. The highest BCUT2D eigenvalue weighted by atomic mass is 31.2. The molecule has 4 heteroatoms. The first-order valence-electron chi connectivity index (χ1n) is 10.1. The third-order valence-electron chi connectivity index (χ3n) is 5.90. The highest BCUT2D eigenvalue weighted by molar-refractivity contribution is 7.42. The maximum absolute atomic E-state index is 6.34. The van der Waals surface area contributed by atoms with Crippen LogP contribution in [0.5, 0.6) is 5.75 Å². The standard InChI is InChI=1S/C22H37O3P/c1-9-18-11-19(15(3)4)12-20(16(5)6)21(18)25-26-23-13-22(10-2,14-24-26)17(7)8/h11-12,15-17H,9-10,13-14H2,1-8H3. The van der Waals surface area contributed by atoms with E-state index in [1.165, 1.54) is 16.7 Å². The van der Waals surface area contributed by atoms with Crippen molar-refractivity contribution in [2.24, 2.45) is 11.3 Å². The van der Waals surface area contributed by atoms with Crippen LogP contribution in [-0.4, -0.2) is 13.2 Å². The predicted molar refractivity (Wildman–Crippen MR) is 111 cm³/mol. The highest BCUT2D eigenvalue weighted by Gasteiger charge is 2.40. The van der Waals surface area contributed by atoms with E-state index < -0.39 is 8.60 Å². The fraction of sp³-hybridized carbons (Fsp3) is 0.727. The van der Waals surface area contributed by atoms with Crippen LogP contribution in [0.2, 0.25) is 0 Å². The number of aryl methyl sites for hydroxylation is 1. The first kappa shape index (κ1) is 21.7. The lowest BCUT2D eigenvalue weighted by atomic mass is 9.76. The van der Waals surface area contributed by atoms with Gasteiger partial charge in [0.2, 0.25) is 0 Å². The van der Waals surface area contributed by atoms with E-state index in [1.807, 2.05) is 0 Å². The van der Waals surface area contributed by atoms with Gasteiger partial charge in [0.05, 0.1) is 13.2 Å². The monoisotopic (exact) mass is 380 g/mol. The van der Waals surface area contributed by atoms with E-state index >= 15 is 0 Å². The Morgan fingerprint density at radius 3 is 2.04 bits per heavy atom. The van der Waals surface area contributed by atoms with Gasteiger partial charge in [-0.25, -0.2) is 0 Å². The molecule has 26 heavy (non-hydrogen) atoms. The zero-order valence-electron chi connectivity index (χ0n) is 17.9. The summed E-state index contributed by atoms with van der Waals surface area (Å²) in [6.45, 7) is 19.3. The summed E-state index contributed by atoms with van der Waals surface area (Å²) in [5.74, 6) is 2.43. The van der Waals surface area contributed by atoms with Crippen molar-refractivity contribution in [2.45, 2.75) is 80.1 Å². The SMILES string of the molecule is CCc1cc(C(C)C)cc(C(C)C)c1OP1OCC(CC)(C(C)C)CO1. The summed E-state index contributed by atoms with van der Waals surface area (Å²) in [6, 6.07) is 4.59. The van der Waals surface area contributed by atoms with Crippen molar-refractivity contribution < 1.29 is 13.6 Å². The summed E-state index contributed by atoms with van der Waals surface area (Å²) in [5, 5.41) is 0. The van der Waals surface area contributed by atoms with Gasteiger partial charge in [-0.1, -0.05) is 67.5 Å². The molecule has 1 aliphatic heterocycles. The smallest absolute Gasteiger partial charge is 0.397 e. The molecule has 0 N–H and O–H groups in total. The van der Waals surface area contributed by atoms with Crippen molar-refractivity contribution >= 4 is 8.60 Å². The van der Waals surface area contributed by atoms with E-state index in [2.05, 4.69) is 67.5 Å². The lowest BCUT2D eigenvalue weighted by molar-refractivity contribution is -0.0161. The topological polar surface area (TPSA) is 27.7 Å². The van der Waals surface area contributed by atoms with Crippen LogP contribution in [0.25, 0.3) is 0 Å². The van der Waals surface area contributed by atoms with Crippen LogP contribution in [0, 0.1) is 11.3 Å². The minimum atomic E-state index is -1.32. The molecule has 1 saturated heterocycles. The molecule has 0 aromatic heterocycles. The van der Waals surface area contributed by atoms with E-state index in [1.54, 1.807) is 0 Å². The van der Waals surface area contributed by atoms with Crippen molar-refractivity contribution in [3.05, 3.63) is 28.8 Å². The Balaban J connectivity index is 2.24. The Bertz CT molecular complexity index is 587. The van der Waals surface area contributed by atoms with Crippen LogP contribution in [-0.2, 0) is 15.5 Å². The Labute approximate surface area is 161 Å². The normalized spacial score (nSPS) is 23.9. The van der Waals surface area contributed by atoms with E-state index in [4.69, 9.17) is 13.6 Å². The summed E-state index contributed by atoms with van der Waals surface area (Å²) >= 11 is 0. The minimum Gasteiger partial charge on any atom is -0.426 e. The molecule has 0 amide bonds. The van der Waals surface area contributed by atoms with E-state index in [0.717, 1.165) is 31.8 Å². The lowest BCUT2D eigenvalue weighted by Gasteiger charge is -2.41. The Morgan fingerprint density at radius 2 is 1.62 bits per heavy atom. The summed E-state index contributed by atoms with van der Waals surface area (Å²) in [5.41, 5.74) is 4.00. The van der Waals surface area contributed by atoms with Gasteiger partial charge in [0.15, 0.2) is 0 Å². The summed E-state index contributed by atoms with van der Waals surface area (Å²) in [4.78, 5) is 0. The van der Waals surface area contributed by atoms with Crippen LogP contribution in [0.3, 0.4) is 0 Å². The third kappa shape index (κ3) is 4.61. The molecule has 1 aliphatic rings.